The molecule has 9 rings (SSSR count). The molecule has 4 aromatic heterocycles. The van der Waals surface area contributed by atoms with E-state index in [2.05, 4.69) is 128 Å². The summed E-state index contributed by atoms with van der Waals surface area (Å²) in [5, 5.41) is 14.9. The fourth-order valence-corrected chi connectivity index (χ4v) is 7.51. The number of hydrogen-bond acceptors (Lipinski definition) is 5. The summed E-state index contributed by atoms with van der Waals surface area (Å²) in [5.41, 5.74) is 11.9. The second-order valence-corrected chi connectivity index (χ2v) is 14.0. The van der Waals surface area contributed by atoms with Crippen molar-refractivity contribution >= 4 is 54.8 Å². The number of rotatable bonds is 5. The Morgan fingerprint density at radius 1 is 0.667 bits per heavy atom. The number of nitrogens with zero attached hydrogens (tertiary/aromatic N) is 5. The van der Waals surface area contributed by atoms with Crippen molar-refractivity contribution in [2.24, 2.45) is 0 Å². The number of aryl methyl sites for hydroxylation is 1. The van der Waals surface area contributed by atoms with Gasteiger partial charge in [-0.15, -0.1) is 0 Å². The highest BCUT2D eigenvalue weighted by molar-refractivity contribution is 6.10. The van der Waals surface area contributed by atoms with E-state index in [1.807, 2.05) is 25.1 Å². The molecular weight excluding hydrogens is 627 g/mol. The molecule has 6 nitrogen and oxygen atoms in total. The van der Waals surface area contributed by atoms with Crippen LogP contribution in [0.25, 0.3) is 83.0 Å². The first-order valence-electron chi connectivity index (χ1n) is 17.5. The molecule has 0 bridgehead atoms. The third-order valence-corrected chi connectivity index (χ3v) is 10.1. The molecular formula is C45H35N5O. The predicted octanol–water partition coefficient (Wildman–Crippen LogP) is 11.8. The van der Waals surface area contributed by atoms with Crippen LogP contribution in [0.15, 0.2) is 114 Å². The van der Waals surface area contributed by atoms with E-state index in [9.17, 15) is 5.26 Å². The summed E-state index contributed by atoms with van der Waals surface area (Å²) >= 11 is 0. The molecule has 0 aliphatic carbocycles. The standard InChI is InChI=1S/C45H35N5O/c1-25(2)37-22-32(31-16-15-28-9-6-7-10-30(28)21-31)23-38(26(3)4)41(37)50-42-39(20-17-29-14-13-27(5)47-40(29)42)49-44(50)36-12-8-11-34-35-19-18-33(24-46)48-45(35)51-43(34)36/h6-23,25-26H,1-5H3. The molecule has 0 N–H and O–H groups in total. The second-order valence-electron chi connectivity index (χ2n) is 14.0. The van der Waals surface area contributed by atoms with Gasteiger partial charge in [0.15, 0.2) is 0 Å². The fourth-order valence-electron chi connectivity index (χ4n) is 7.51. The van der Waals surface area contributed by atoms with Crippen molar-refractivity contribution < 1.29 is 4.42 Å². The Bertz CT molecular complexity index is 2870. The molecule has 0 saturated carbocycles. The lowest BCUT2D eigenvalue weighted by Crippen LogP contribution is -2.10. The van der Waals surface area contributed by atoms with Crippen LogP contribution in [0.1, 0.15) is 62.0 Å². The number of fused-ring (bicyclic) bond motifs is 7. The molecule has 0 radical (unpaired) electrons. The molecule has 9 aromatic rings. The Morgan fingerprint density at radius 2 is 1.41 bits per heavy atom. The Balaban J connectivity index is 1.41. The van der Waals surface area contributed by atoms with Crippen molar-refractivity contribution in [2.45, 2.75) is 46.5 Å². The number of imidazole rings is 1. The SMILES string of the molecule is Cc1ccc2ccc3nc(-c4cccc5c4oc4nc(C#N)ccc45)n(-c4c(C(C)C)cc(-c5ccc6ccccc6c5)cc4C(C)C)c3c2n1. The molecule has 0 saturated heterocycles. The Morgan fingerprint density at radius 3 is 2.18 bits per heavy atom. The quantitative estimate of drug-likeness (QED) is 0.183. The molecule has 0 amide bonds. The van der Waals surface area contributed by atoms with Crippen molar-refractivity contribution in [3.05, 3.63) is 132 Å². The highest BCUT2D eigenvalue weighted by Crippen LogP contribution is 2.43. The number of benzene rings is 5. The van der Waals surface area contributed by atoms with Crippen LogP contribution in [0.2, 0.25) is 0 Å². The molecule has 4 heterocycles. The third-order valence-electron chi connectivity index (χ3n) is 10.1. The van der Waals surface area contributed by atoms with E-state index in [1.165, 1.54) is 33.0 Å². The number of para-hydroxylation sites is 1. The average Bonchev–Trinajstić information content (AvgIpc) is 3.72. The predicted molar refractivity (Wildman–Crippen MR) is 207 cm³/mol. The van der Waals surface area contributed by atoms with Crippen LogP contribution in [0.4, 0.5) is 0 Å². The second kappa shape index (κ2) is 11.6. The van der Waals surface area contributed by atoms with Crippen LogP contribution < -0.4 is 0 Å². The van der Waals surface area contributed by atoms with E-state index in [0.29, 0.717) is 17.0 Å². The minimum Gasteiger partial charge on any atom is -0.437 e. The van der Waals surface area contributed by atoms with Gasteiger partial charge in [0.1, 0.15) is 23.2 Å². The van der Waals surface area contributed by atoms with Crippen LogP contribution in [0.5, 0.6) is 0 Å². The van der Waals surface area contributed by atoms with Crippen molar-refractivity contribution in [2.75, 3.05) is 0 Å². The highest BCUT2D eigenvalue weighted by Gasteiger charge is 2.27. The van der Waals surface area contributed by atoms with Gasteiger partial charge in [-0.3, -0.25) is 9.55 Å². The molecule has 6 heteroatoms. The summed E-state index contributed by atoms with van der Waals surface area (Å²) in [7, 11) is 0. The summed E-state index contributed by atoms with van der Waals surface area (Å²) in [6, 6.07) is 40.4. The Hall–Kier alpha value is -6.32. The average molecular weight is 662 g/mol. The number of pyridine rings is 2. The number of hydrogen-bond donors (Lipinski definition) is 0. The van der Waals surface area contributed by atoms with Gasteiger partial charge in [-0.05, 0) is 100 Å². The van der Waals surface area contributed by atoms with Gasteiger partial charge in [0.2, 0.25) is 5.71 Å². The largest absolute Gasteiger partial charge is 0.437 e. The molecule has 0 aliphatic heterocycles. The first kappa shape index (κ1) is 30.7. The van der Waals surface area contributed by atoms with Crippen molar-refractivity contribution in [3.63, 3.8) is 0 Å². The van der Waals surface area contributed by atoms with Crippen LogP contribution >= 0.6 is 0 Å². The normalized spacial score (nSPS) is 12.0. The molecule has 0 fully saturated rings. The summed E-state index contributed by atoms with van der Waals surface area (Å²) < 4.78 is 8.85. The zero-order chi connectivity index (χ0) is 35.0. The van der Waals surface area contributed by atoms with Gasteiger partial charge >= 0.3 is 0 Å². The zero-order valence-electron chi connectivity index (χ0n) is 29.2. The lowest BCUT2D eigenvalue weighted by molar-refractivity contribution is 0.654. The molecule has 0 spiro atoms. The highest BCUT2D eigenvalue weighted by atomic mass is 16.3. The molecule has 0 aliphatic rings. The van der Waals surface area contributed by atoms with Gasteiger partial charge in [0.25, 0.3) is 0 Å². The number of furan rings is 1. The van der Waals surface area contributed by atoms with Gasteiger partial charge < -0.3 is 4.42 Å². The van der Waals surface area contributed by atoms with Crippen LogP contribution in [-0.4, -0.2) is 19.5 Å². The van der Waals surface area contributed by atoms with E-state index >= 15 is 0 Å². The van der Waals surface area contributed by atoms with E-state index in [-0.39, 0.29) is 11.8 Å². The first-order chi connectivity index (χ1) is 24.8. The maximum Gasteiger partial charge on any atom is 0.228 e. The molecule has 51 heavy (non-hydrogen) atoms. The zero-order valence-corrected chi connectivity index (χ0v) is 29.2. The minimum absolute atomic E-state index is 0.198. The summed E-state index contributed by atoms with van der Waals surface area (Å²) in [6.45, 7) is 11.1. The number of aromatic nitrogens is 4. The maximum atomic E-state index is 9.56. The number of nitriles is 1. The lowest BCUT2D eigenvalue weighted by Gasteiger charge is -2.24. The van der Waals surface area contributed by atoms with Gasteiger partial charge in [-0.2, -0.15) is 5.26 Å². The van der Waals surface area contributed by atoms with E-state index in [0.717, 1.165) is 55.5 Å². The van der Waals surface area contributed by atoms with Crippen LogP contribution in [-0.2, 0) is 0 Å². The van der Waals surface area contributed by atoms with Gasteiger partial charge in [-0.25, -0.2) is 9.97 Å². The molecule has 0 atom stereocenters. The fraction of sp³-hybridized carbons (Fsp3) is 0.156. The Labute approximate surface area is 295 Å². The van der Waals surface area contributed by atoms with Crippen molar-refractivity contribution in [1.82, 2.24) is 19.5 Å². The summed E-state index contributed by atoms with van der Waals surface area (Å²) in [5.74, 6) is 1.17. The van der Waals surface area contributed by atoms with Crippen LogP contribution in [0.3, 0.4) is 0 Å². The smallest absolute Gasteiger partial charge is 0.228 e. The minimum atomic E-state index is 0.198. The maximum absolute atomic E-state index is 9.56. The third kappa shape index (κ3) is 4.88. The first-order valence-corrected chi connectivity index (χ1v) is 17.5. The molecule has 246 valence electrons. The van der Waals surface area contributed by atoms with Gasteiger partial charge in [-0.1, -0.05) is 88.4 Å². The lowest BCUT2D eigenvalue weighted by atomic mass is 9.87. The molecule has 5 aromatic carbocycles. The van der Waals surface area contributed by atoms with E-state index in [1.54, 1.807) is 6.07 Å². The monoisotopic (exact) mass is 661 g/mol. The molecule has 0 unspecified atom stereocenters. The van der Waals surface area contributed by atoms with Crippen molar-refractivity contribution in [3.8, 4) is 34.3 Å². The summed E-state index contributed by atoms with van der Waals surface area (Å²) in [4.78, 5) is 15.0. The van der Waals surface area contributed by atoms with Gasteiger partial charge in [0, 0.05) is 21.9 Å². The topological polar surface area (TPSA) is 80.5 Å². The van der Waals surface area contributed by atoms with Crippen molar-refractivity contribution in [1.29, 1.82) is 5.26 Å². The van der Waals surface area contributed by atoms with Gasteiger partial charge in [0.05, 0.1) is 27.8 Å². The summed E-state index contributed by atoms with van der Waals surface area (Å²) in [6.07, 6.45) is 0. The van der Waals surface area contributed by atoms with E-state index < -0.39 is 0 Å². The van der Waals surface area contributed by atoms with Crippen LogP contribution in [0, 0.1) is 18.3 Å². The van der Waals surface area contributed by atoms with E-state index in [4.69, 9.17) is 14.4 Å². The Kier molecular flexibility index (Phi) is 7.01.